The van der Waals surface area contributed by atoms with E-state index >= 15 is 0 Å². The second-order valence-electron chi connectivity index (χ2n) is 13.2. The van der Waals surface area contributed by atoms with Crippen LogP contribution >= 0.6 is 0 Å². The normalized spacial score (nSPS) is 12.1. The van der Waals surface area contributed by atoms with Gasteiger partial charge in [0.25, 0.3) is 0 Å². The Morgan fingerprint density at radius 1 is 0.286 bits per heavy atom. The molecule has 1 heteroatoms. The molecule has 0 unspecified atom stereocenters. The molecular weight excluding hydrogens is 591 g/mol. The molecule has 0 spiro atoms. The van der Waals surface area contributed by atoms with Crippen LogP contribution < -0.4 is 0 Å². The molecule has 0 amide bonds. The van der Waals surface area contributed by atoms with E-state index in [9.17, 15) is 0 Å². The highest BCUT2D eigenvalue weighted by Crippen LogP contribution is 2.45. The lowest BCUT2D eigenvalue weighted by Crippen LogP contribution is -1.94. The molecule has 10 aromatic carbocycles. The Hall–Kier alpha value is -6.44. The molecule has 226 valence electrons. The van der Waals surface area contributed by atoms with E-state index in [0.29, 0.717) is 0 Å². The van der Waals surface area contributed by atoms with E-state index in [1.807, 2.05) is 0 Å². The van der Waals surface area contributed by atoms with Gasteiger partial charge in [-0.25, -0.2) is 0 Å². The highest BCUT2D eigenvalue weighted by molar-refractivity contribution is 6.32. The van der Waals surface area contributed by atoms with Crippen LogP contribution in [0.15, 0.2) is 176 Å². The summed E-state index contributed by atoms with van der Waals surface area (Å²) in [7, 11) is 0. The quantitative estimate of drug-likeness (QED) is 0.134. The molecule has 0 aliphatic heterocycles. The smallest absolute Gasteiger partial charge is 0.0547 e. The minimum atomic E-state index is 1.16. The van der Waals surface area contributed by atoms with Crippen molar-refractivity contribution in [1.29, 1.82) is 0 Å². The summed E-state index contributed by atoms with van der Waals surface area (Å²) in [6.07, 6.45) is 0. The van der Waals surface area contributed by atoms with E-state index in [2.05, 4.69) is 180 Å². The van der Waals surface area contributed by atoms with Gasteiger partial charge < -0.3 is 4.57 Å². The number of aromatic nitrogens is 1. The van der Waals surface area contributed by atoms with Crippen molar-refractivity contribution in [2.24, 2.45) is 0 Å². The Morgan fingerprint density at radius 3 is 1.33 bits per heavy atom. The van der Waals surface area contributed by atoms with Gasteiger partial charge in [0.1, 0.15) is 0 Å². The lowest BCUT2D eigenvalue weighted by atomic mass is 9.86. The van der Waals surface area contributed by atoms with Crippen LogP contribution in [0, 0.1) is 0 Å². The first-order valence-electron chi connectivity index (χ1n) is 17.0. The van der Waals surface area contributed by atoms with E-state index in [4.69, 9.17) is 0 Å². The van der Waals surface area contributed by atoms with Crippen LogP contribution in [0.4, 0.5) is 0 Å². The van der Waals surface area contributed by atoms with Crippen molar-refractivity contribution in [3.63, 3.8) is 0 Å². The molecule has 0 aliphatic carbocycles. The summed E-state index contributed by atoms with van der Waals surface area (Å²) >= 11 is 0. The van der Waals surface area contributed by atoms with Crippen molar-refractivity contribution < 1.29 is 0 Å². The zero-order valence-electron chi connectivity index (χ0n) is 26.7. The lowest BCUT2D eigenvalue weighted by molar-refractivity contribution is 1.18. The Bertz CT molecular complexity index is 3050. The SMILES string of the molecule is c1ccc2c(-c3ccc(-n4c5ccc6ccccc6c5c5c6ccccc6ccc54)cc3)c3c4ccccc4c4ccccc4c3cc2c1. The second-order valence-corrected chi connectivity index (χ2v) is 13.2. The van der Waals surface area contributed by atoms with Crippen molar-refractivity contribution in [3.05, 3.63) is 176 Å². The lowest BCUT2D eigenvalue weighted by Gasteiger charge is -2.18. The van der Waals surface area contributed by atoms with Gasteiger partial charge in [-0.3, -0.25) is 0 Å². The molecule has 0 fully saturated rings. The highest BCUT2D eigenvalue weighted by atomic mass is 15.0. The average Bonchev–Trinajstić information content (AvgIpc) is 3.53. The minimum absolute atomic E-state index is 1.16. The highest BCUT2D eigenvalue weighted by Gasteiger charge is 2.19. The van der Waals surface area contributed by atoms with Crippen LogP contribution in [0.25, 0.3) is 103 Å². The summed E-state index contributed by atoms with van der Waals surface area (Å²) in [6, 6.07) is 65.0. The zero-order chi connectivity index (χ0) is 32.1. The van der Waals surface area contributed by atoms with Gasteiger partial charge in [-0.2, -0.15) is 0 Å². The largest absolute Gasteiger partial charge is 0.309 e. The molecule has 11 aromatic rings. The third kappa shape index (κ3) is 3.70. The monoisotopic (exact) mass is 619 g/mol. The first-order chi connectivity index (χ1) is 24.3. The molecule has 1 nitrogen and oxygen atoms in total. The Labute approximate surface area is 282 Å². The van der Waals surface area contributed by atoms with Crippen LogP contribution in [0.2, 0.25) is 0 Å². The van der Waals surface area contributed by atoms with Crippen LogP contribution in [0.1, 0.15) is 0 Å². The van der Waals surface area contributed by atoms with Crippen molar-refractivity contribution in [2.75, 3.05) is 0 Å². The number of benzene rings is 10. The van der Waals surface area contributed by atoms with Crippen LogP contribution in [-0.4, -0.2) is 4.57 Å². The van der Waals surface area contributed by atoms with Gasteiger partial charge in [0.05, 0.1) is 11.0 Å². The maximum atomic E-state index is 2.46. The molecule has 0 aliphatic rings. The molecule has 11 rings (SSSR count). The maximum Gasteiger partial charge on any atom is 0.0547 e. The van der Waals surface area contributed by atoms with E-state index in [1.165, 1.54) is 97.6 Å². The molecule has 0 atom stereocenters. The second kappa shape index (κ2) is 10.0. The molecule has 1 heterocycles. The fourth-order valence-corrected chi connectivity index (χ4v) is 8.63. The summed E-state index contributed by atoms with van der Waals surface area (Å²) in [6.45, 7) is 0. The molecular formula is C48H29N. The fraction of sp³-hybridized carbons (Fsp3) is 0. The number of hydrogen-bond acceptors (Lipinski definition) is 0. The van der Waals surface area contributed by atoms with Crippen LogP contribution in [-0.2, 0) is 0 Å². The van der Waals surface area contributed by atoms with Gasteiger partial charge in [-0.15, -0.1) is 0 Å². The molecule has 0 N–H and O–H groups in total. The molecule has 0 saturated heterocycles. The summed E-state index contributed by atoms with van der Waals surface area (Å²) < 4.78 is 2.46. The Balaban J connectivity index is 1.22. The van der Waals surface area contributed by atoms with E-state index in [-0.39, 0.29) is 0 Å². The Kier molecular flexibility index (Phi) is 5.45. The van der Waals surface area contributed by atoms with Gasteiger partial charge in [-0.05, 0) is 106 Å². The number of fused-ring (bicyclic) bond motifs is 14. The zero-order valence-corrected chi connectivity index (χ0v) is 26.7. The van der Waals surface area contributed by atoms with Gasteiger partial charge in [-0.1, -0.05) is 146 Å². The fourth-order valence-electron chi connectivity index (χ4n) is 8.63. The van der Waals surface area contributed by atoms with Gasteiger partial charge in [0.2, 0.25) is 0 Å². The number of hydrogen-bond donors (Lipinski definition) is 0. The first kappa shape index (κ1) is 26.6. The van der Waals surface area contributed by atoms with Gasteiger partial charge >= 0.3 is 0 Å². The maximum absolute atomic E-state index is 2.46. The van der Waals surface area contributed by atoms with E-state index < -0.39 is 0 Å². The topological polar surface area (TPSA) is 4.93 Å². The summed E-state index contributed by atoms with van der Waals surface area (Å²) in [4.78, 5) is 0. The number of nitrogens with zero attached hydrogens (tertiary/aromatic N) is 1. The minimum Gasteiger partial charge on any atom is -0.309 e. The molecule has 49 heavy (non-hydrogen) atoms. The van der Waals surface area contributed by atoms with Crippen molar-refractivity contribution in [1.82, 2.24) is 4.57 Å². The summed E-state index contributed by atoms with van der Waals surface area (Å²) in [5.74, 6) is 0. The molecule has 0 saturated carbocycles. The van der Waals surface area contributed by atoms with Crippen molar-refractivity contribution in [3.8, 4) is 16.8 Å². The predicted molar refractivity (Wildman–Crippen MR) is 211 cm³/mol. The molecule has 0 bridgehead atoms. The third-order valence-electron chi connectivity index (χ3n) is 10.7. The molecule has 0 radical (unpaired) electrons. The predicted octanol–water partition coefficient (Wildman–Crippen LogP) is 13.4. The summed E-state index contributed by atoms with van der Waals surface area (Å²) in [5.41, 5.74) is 6.13. The van der Waals surface area contributed by atoms with Crippen LogP contribution in [0.3, 0.4) is 0 Å². The van der Waals surface area contributed by atoms with E-state index in [0.717, 1.165) is 5.69 Å². The van der Waals surface area contributed by atoms with Crippen molar-refractivity contribution >= 4 is 86.4 Å². The Morgan fingerprint density at radius 2 is 0.735 bits per heavy atom. The average molecular weight is 620 g/mol. The van der Waals surface area contributed by atoms with Gasteiger partial charge in [0.15, 0.2) is 0 Å². The summed E-state index contributed by atoms with van der Waals surface area (Å²) in [5, 5.41) is 18.1. The first-order valence-corrected chi connectivity index (χ1v) is 17.0. The number of rotatable bonds is 2. The third-order valence-corrected chi connectivity index (χ3v) is 10.7. The molecule has 1 aromatic heterocycles. The van der Waals surface area contributed by atoms with Crippen LogP contribution in [0.5, 0.6) is 0 Å². The van der Waals surface area contributed by atoms with Crippen molar-refractivity contribution in [2.45, 2.75) is 0 Å². The standard InChI is InChI=1S/C48H29N/c1-4-14-35-30(11-1)23-27-43-47(35)48-36-15-5-2-12-31(36)24-28-44(48)49(43)34-25-21-32(22-26-34)45-37-16-6-3-13-33(37)29-42-40-19-8-7-17-38(40)39-18-9-10-20-41(39)46(42)45/h1-29H. The van der Waals surface area contributed by atoms with E-state index in [1.54, 1.807) is 0 Å². The van der Waals surface area contributed by atoms with Gasteiger partial charge in [0, 0.05) is 16.5 Å².